The van der Waals surface area contributed by atoms with Crippen LogP contribution in [0.1, 0.15) is 13.8 Å². The molecule has 0 spiro atoms. The molecule has 0 rings (SSSR count). The first-order valence-corrected chi connectivity index (χ1v) is 4.66. The monoisotopic (exact) mass is 189 g/mol. The van der Waals surface area contributed by atoms with Gasteiger partial charge in [0.15, 0.2) is 4.93 Å². The zero-order chi connectivity index (χ0) is 9.61. The SMILES string of the molecule is C=CCSC(C)(C)OC(=O)NC. The van der Waals surface area contributed by atoms with E-state index in [0.717, 1.165) is 5.75 Å². The van der Waals surface area contributed by atoms with Crippen LogP contribution in [-0.2, 0) is 4.74 Å². The number of alkyl carbamates (subject to hydrolysis) is 1. The van der Waals surface area contributed by atoms with E-state index in [0.29, 0.717) is 0 Å². The summed E-state index contributed by atoms with van der Waals surface area (Å²) in [6, 6.07) is 0. The van der Waals surface area contributed by atoms with E-state index in [1.54, 1.807) is 6.08 Å². The highest BCUT2D eigenvalue weighted by molar-refractivity contribution is 8.00. The summed E-state index contributed by atoms with van der Waals surface area (Å²) < 4.78 is 5.05. The fourth-order valence-electron chi connectivity index (χ4n) is 0.563. The summed E-state index contributed by atoms with van der Waals surface area (Å²) in [4.78, 5) is 10.3. The summed E-state index contributed by atoms with van der Waals surface area (Å²) in [6.07, 6.45) is 1.37. The van der Waals surface area contributed by atoms with Crippen molar-refractivity contribution < 1.29 is 9.53 Å². The van der Waals surface area contributed by atoms with E-state index in [2.05, 4.69) is 11.9 Å². The van der Waals surface area contributed by atoms with Crippen molar-refractivity contribution in [1.82, 2.24) is 5.32 Å². The maximum Gasteiger partial charge on any atom is 0.408 e. The number of ether oxygens (including phenoxy) is 1. The van der Waals surface area contributed by atoms with Gasteiger partial charge in [0.1, 0.15) is 0 Å². The maximum absolute atomic E-state index is 10.8. The van der Waals surface area contributed by atoms with E-state index in [9.17, 15) is 4.79 Å². The molecular weight excluding hydrogens is 174 g/mol. The third-order valence-electron chi connectivity index (χ3n) is 1.09. The summed E-state index contributed by atoms with van der Waals surface area (Å²) >= 11 is 1.52. The number of hydrogen-bond acceptors (Lipinski definition) is 3. The van der Waals surface area contributed by atoms with Gasteiger partial charge in [-0.2, -0.15) is 0 Å². The molecular formula is C8H15NO2S. The van der Waals surface area contributed by atoms with Gasteiger partial charge in [0, 0.05) is 12.8 Å². The van der Waals surface area contributed by atoms with Crippen LogP contribution in [0.25, 0.3) is 0 Å². The molecule has 0 aromatic rings. The molecule has 4 heteroatoms. The van der Waals surface area contributed by atoms with Gasteiger partial charge in [0.2, 0.25) is 0 Å². The lowest BCUT2D eigenvalue weighted by Gasteiger charge is -2.23. The first kappa shape index (κ1) is 11.4. The van der Waals surface area contributed by atoms with E-state index in [-0.39, 0.29) is 0 Å². The molecule has 0 unspecified atom stereocenters. The predicted octanol–water partition coefficient (Wildman–Crippen LogP) is 2.00. The van der Waals surface area contributed by atoms with Gasteiger partial charge in [-0.3, -0.25) is 0 Å². The first-order valence-electron chi connectivity index (χ1n) is 3.67. The van der Waals surface area contributed by atoms with E-state index in [1.165, 1.54) is 18.8 Å². The highest BCUT2D eigenvalue weighted by Crippen LogP contribution is 2.25. The molecule has 3 nitrogen and oxygen atoms in total. The van der Waals surface area contributed by atoms with Gasteiger partial charge in [0.05, 0.1) is 0 Å². The van der Waals surface area contributed by atoms with Crippen molar-refractivity contribution in [3.8, 4) is 0 Å². The Bertz CT molecular complexity index is 168. The lowest BCUT2D eigenvalue weighted by atomic mass is 10.5. The maximum atomic E-state index is 10.8. The molecule has 0 fully saturated rings. The van der Waals surface area contributed by atoms with E-state index < -0.39 is 11.0 Å². The lowest BCUT2D eigenvalue weighted by Crippen LogP contribution is -2.30. The lowest BCUT2D eigenvalue weighted by molar-refractivity contribution is 0.0995. The summed E-state index contributed by atoms with van der Waals surface area (Å²) in [5.41, 5.74) is 0. The van der Waals surface area contributed by atoms with Crippen molar-refractivity contribution >= 4 is 17.9 Å². The minimum absolute atomic E-state index is 0.406. The summed E-state index contributed by atoms with van der Waals surface area (Å²) in [5.74, 6) is 0.768. The van der Waals surface area contributed by atoms with E-state index >= 15 is 0 Å². The standard InChI is InChI=1S/C8H15NO2S/c1-5-6-12-8(2,3)11-7(10)9-4/h5H,1,6H2,2-4H3,(H,9,10). The summed E-state index contributed by atoms with van der Waals surface area (Å²) in [5, 5.41) is 2.40. The second-order valence-corrected chi connectivity index (χ2v) is 4.24. The van der Waals surface area contributed by atoms with Crippen LogP contribution in [0.15, 0.2) is 12.7 Å². The third-order valence-corrected chi connectivity index (χ3v) is 2.27. The zero-order valence-corrected chi connectivity index (χ0v) is 8.53. The van der Waals surface area contributed by atoms with Crippen molar-refractivity contribution in [2.24, 2.45) is 0 Å². The van der Waals surface area contributed by atoms with E-state index in [4.69, 9.17) is 4.74 Å². The Kier molecular flexibility index (Phi) is 4.81. The number of rotatable bonds is 4. The topological polar surface area (TPSA) is 38.3 Å². The largest absolute Gasteiger partial charge is 0.432 e. The van der Waals surface area contributed by atoms with Crippen molar-refractivity contribution in [1.29, 1.82) is 0 Å². The zero-order valence-electron chi connectivity index (χ0n) is 7.72. The highest BCUT2D eigenvalue weighted by atomic mass is 32.2. The van der Waals surface area contributed by atoms with Crippen LogP contribution in [0.3, 0.4) is 0 Å². The Morgan fingerprint density at radius 1 is 1.75 bits per heavy atom. The van der Waals surface area contributed by atoms with Gasteiger partial charge in [0.25, 0.3) is 0 Å². The van der Waals surface area contributed by atoms with Crippen LogP contribution in [0.5, 0.6) is 0 Å². The summed E-state index contributed by atoms with van der Waals surface area (Å²) in [6.45, 7) is 7.27. The first-order chi connectivity index (χ1) is 5.52. The average molecular weight is 189 g/mol. The quantitative estimate of drug-likeness (QED) is 0.543. The van der Waals surface area contributed by atoms with Crippen LogP contribution in [-0.4, -0.2) is 23.8 Å². The molecule has 0 aromatic heterocycles. The molecule has 0 aromatic carbocycles. The molecule has 70 valence electrons. The molecule has 0 aliphatic heterocycles. The Morgan fingerprint density at radius 3 is 2.75 bits per heavy atom. The Hall–Kier alpha value is -0.640. The Balaban J connectivity index is 3.85. The van der Waals surface area contributed by atoms with Gasteiger partial charge in [-0.1, -0.05) is 6.08 Å². The van der Waals surface area contributed by atoms with Crippen molar-refractivity contribution in [3.05, 3.63) is 12.7 Å². The normalized spacial score (nSPS) is 10.6. The molecule has 0 heterocycles. The molecule has 0 aliphatic rings. The molecule has 0 radical (unpaired) electrons. The summed E-state index contributed by atoms with van der Waals surface area (Å²) in [7, 11) is 1.54. The minimum Gasteiger partial charge on any atom is -0.432 e. The predicted molar refractivity (Wildman–Crippen MR) is 52.3 cm³/mol. The number of carbonyl (C=O) groups excluding carboxylic acids is 1. The molecule has 0 saturated carbocycles. The molecule has 0 aliphatic carbocycles. The number of carbonyl (C=O) groups is 1. The van der Waals surface area contributed by atoms with Crippen LogP contribution >= 0.6 is 11.8 Å². The average Bonchev–Trinajstić information content (AvgIpc) is 2.00. The van der Waals surface area contributed by atoms with Crippen molar-refractivity contribution in [3.63, 3.8) is 0 Å². The highest BCUT2D eigenvalue weighted by Gasteiger charge is 2.21. The molecule has 1 N–H and O–H groups in total. The smallest absolute Gasteiger partial charge is 0.408 e. The number of hydrogen-bond donors (Lipinski definition) is 1. The molecule has 1 amide bonds. The van der Waals surface area contributed by atoms with Gasteiger partial charge in [-0.25, -0.2) is 4.79 Å². The second-order valence-electron chi connectivity index (χ2n) is 2.64. The Morgan fingerprint density at radius 2 is 2.33 bits per heavy atom. The number of nitrogens with one attached hydrogen (secondary N) is 1. The minimum atomic E-state index is -0.492. The fourth-order valence-corrected chi connectivity index (χ4v) is 1.22. The molecule has 12 heavy (non-hydrogen) atoms. The molecule has 0 bridgehead atoms. The van der Waals surface area contributed by atoms with Crippen LogP contribution in [0, 0.1) is 0 Å². The second kappa shape index (κ2) is 5.09. The van der Waals surface area contributed by atoms with Gasteiger partial charge in [-0.05, 0) is 13.8 Å². The third kappa shape index (κ3) is 5.07. The van der Waals surface area contributed by atoms with Crippen LogP contribution in [0.2, 0.25) is 0 Å². The van der Waals surface area contributed by atoms with Crippen molar-refractivity contribution in [2.75, 3.05) is 12.8 Å². The van der Waals surface area contributed by atoms with Crippen LogP contribution < -0.4 is 5.32 Å². The Labute approximate surface area is 77.6 Å². The van der Waals surface area contributed by atoms with Gasteiger partial charge in [-0.15, -0.1) is 18.3 Å². The van der Waals surface area contributed by atoms with E-state index in [1.807, 2.05) is 13.8 Å². The van der Waals surface area contributed by atoms with Gasteiger partial charge < -0.3 is 10.1 Å². The molecule has 0 atom stereocenters. The fraction of sp³-hybridized carbons (Fsp3) is 0.625. The number of thioether (sulfide) groups is 1. The van der Waals surface area contributed by atoms with Gasteiger partial charge >= 0.3 is 6.09 Å². The van der Waals surface area contributed by atoms with Crippen molar-refractivity contribution in [2.45, 2.75) is 18.8 Å². The van der Waals surface area contributed by atoms with Crippen LogP contribution in [0.4, 0.5) is 4.79 Å². The molecule has 0 saturated heterocycles. The number of amides is 1.